The molecule has 1 spiro atoms. The van der Waals surface area contributed by atoms with Gasteiger partial charge in [-0.3, -0.25) is 14.6 Å². The lowest BCUT2D eigenvalue weighted by Gasteiger charge is -2.39. The minimum atomic E-state index is -1.16. The molecule has 5 rings (SSSR count). The van der Waals surface area contributed by atoms with Gasteiger partial charge >= 0.3 is 5.97 Å². The first kappa shape index (κ1) is 22.2. The predicted octanol–water partition coefficient (Wildman–Crippen LogP) is 1.27. The lowest BCUT2D eigenvalue weighted by Crippen LogP contribution is -2.49. The van der Waals surface area contributed by atoms with E-state index >= 15 is 4.39 Å². The fourth-order valence-corrected chi connectivity index (χ4v) is 5.45. The number of amides is 1. The highest BCUT2D eigenvalue weighted by Crippen LogP contribution is 2.52. The molecule has 11 heteroatoms. The first-order valence-electron chi connectivity index (χ1n) is 11.3. The van der Waals surface area contributed by atoms with Crippen molar-refractivity contribution in [3.8, 4) is 5.75 Å². The third-order valence-corrected chi connectivity index (χ3v) is 7.15. The molecule has 2 aromatic rings. The third kappa shape index (κ3) is 3.29. The molecule has 1 saturated heterocycles. The summed E-state index contributed by atoms with van der Waals surface area (Å²) in [5.41, 5.74) is -0.0298. The van der Waals surface area contributed by atoms with E-state index in [-0.39, 0.29) is 28.5 Å². The number of nitrogens with one attached hydrogen (secondary N) is 1. The standard InChI is InChI=1S/C23H26FN5O5/c1-27-9-3-4-13-19(27)25-22(26-20(13)32)29-10-7-23(8-11-29)17-14(24)5-6-15(34-12-16(30)31)18(17)28(2)21(23)33/h5-6H,3-4,7-12H2,1-2H3,(H,30,31)(H,25,26,32). The molecule has 1 aromatic carbocycles. The molecule has 10 nitrogen and oxygen atoms in total. The zero-order valence-electron chi connectivity index (χ0n) is 19.1. The number of benzene rings is 1. The van der Waals surface area contributed by atoms with E-state index in [1.165, 1.54) is 17.0 Å². The maximum atomic E-state index is 15.1. The minimum absolute atomic E-state index is 0.153. The number of carboxylic acid groups (broad SMARTS) is 1. The van der Waals surface area contributed by atoms with Crippen LogP contribution in [-0.4, -0.2) is 67.3 Å². The second-order valence-electron chi connectivity index (χ2n) is 9.10. The highest BCUT2D eigenvalue weighted by Gasteiger charge is 2.54. The van der Waals surface area contributed by atoms with Crippen LogP contribution in [0, 0.1) is 5.82 Å². The van der Waals surface area contributed by atoms with Crippen LogP contribution in [-0.2, 0) is 21.4 Å². The summed E-state index contributed by atoms with van der Waals surface area (Å²) in [5, 5.41) is 8.97. The molecule has 3 aliphatic rings. The molecule has 0 unspecified atom stereocenters. The van der Waals surface area contributed by atoms with Crippen LogP contribution in [0.25, 0.3) is 0 Å². The van der Waals surface area contributed by atoms with Crippen LogP contribution in [0.2, 0.25) is 0 Å². The van der Waals surface area contributed by atoms with E-state index in [9.17, 15) is 14.4 Å². The molecular weight excluding hydrogens is 445 g/mol. The number of likely N-dealkylation sites (N-methyl/N-ethyl adjacent to an activating group) is 1. The summed E-state index contributed by atoms with van der Waals surface area (Å²) >= 11 is 0. The number of fused-ring (bicyclic) bond motifs is 3. The molecule has 4 heterocycles. The molecule has 1 aromatic heterocycles. The normalized spacial score (nSPS) is 18.8. The summed E-state index contributed by atoms with van der Waals surface area (Å²) in [6, 6.07) is 2.57. The van der Waals surface area contributed by atoms with Gasteiger partial charge in [0.05, 0.1) is 16.7 Å². The van der Waals surface area contributed by atoms with Crippen LogP contribution >= 0.6 is 0 Å². The van der Waals surface area contributed by atoms with Gasteiger partial charge in [0.15, 0.2) is 6.61 Å². The Morgan fingerprint density at radius 1 is 1.24 bits per heavy atom. The number of H-pyrrole nitrogens is 1. The number of nitrogens with zero attached hydrogens (tertiary/aromatic N) is 4. The van der Waals surface area contributed by atoms with Gasteiger partial charge in [0.1, 0.15) is 17.4 Å². The number of hydrogen-bond acceptors (Lipinski definition) is 7. The number of aliphatic carboxylic acids is 1. The smallest absolute Gasteiger partial charge is 0.341 e. The van der Waals surface area contributed by atoms with Crippen molar-refractivity contribution in [3.05, 3.63) is 39.4 Å². The van der Waals surface area contributed by atoms with Gasteiger partial charge in [-0.1, -0.05) is 0 Å². The number of aromatic amines is 1. The highest BCUT2D eigenvalue weighted by molar-refractivity contribution is 6.09. The van der Waals surface area contributed by atoms with Crippen LogP contribution in [0.3, 0.4) is 0 Å². The molecule has 0 aliphatic carbocycles. The Labute approximate surface area is 194 Å². The number of rotatable bonds is 4. The van der Waals surface area contributed by atoms with E-state index in [1.807, 2.05) is 16.8 Å². The first-order chi connectivity index (χ1) is 16.2. The number of ether oxygens (including phenoxy) is 1. The van der Waals surface area contributed by atoms with E-state index in [0.29, 0.717) is 49.7 Å². The Morgan fingerprint density at radius 2 is 1.97 bits per heavy atom. The van der Waals surface area contributed by atoms with Crippen molar-refractivity contribution < 1.29 is 23.8 Å². The topological polar surface area (TPSA) is 119 Å². The lowest BCUT2D eigenvalue weighted by atomic mass is 9.73. The quantitative estimate of drug-likeness (QED) is 0.684. The third-order valence-electron chi connectivity index (χ3n) is 7.15. The van der Waals surface area contributed by atoms with Crippen molar-refractivity contribution in [2.75, 3.05) is 55.0 Å². The number of anilines is 3. The van der Waals surface area contributed by atoms with Crippen molar-refractivity contribution in [1.29, 1.82) is 0 Å². The SMILES string of the molecule is CN1CCCc2c1nc(N1CCC3(CC1)C(=O)N(C)c1c(OCC(=O)O)ccc(F)c13)[nH]c2=O. The average Bonchev–Trinajstić information content (AvgIpc) is 3.03. The second kappa shape index (κ2) is 8.00. The number of carbonyl (C=O) groups excluding carboxylic acids is 1. The molecule has 0 saturated carbocycles. The average molecular weight is 471 g/mol. The maximum Gasteiger partial charge on any atom is 0.341 e. The van der Waals surface area contributed by atoms with Gasteiger partial charge in [0, 0.05) is 39.3 Å². The predicted molar refractivity (Wildman–Crippen MR) is 123 cm³/mol. The Balaban J connectivity index is 1.46. The summed E-state index contributed by atoms with van der Waals surface area (Å²) in [4.78, 5) is 49.9. The fourth-order valence-electron chi connectivity index (χ4n) is 5.45. The Bertz CT molecular complexity index is 1240. The van der Waals surface area contributed by atoms with Gasteiger partial charge in [-0.25, -0.2) is 9.18 Å². The van der Waals surface area contributed by atoms with Gasteiger partial charge in [-0.15, -0.1) is 0 Å². The Morgan fingerprint density at radius 3 is 2.68 bits per heavy atom. The zero-order valence-corrected chi connectivity index (χ0v) is 19.1. The van der Waals surface area contributed by atoms with Crippen molar-refractivity contribution >= 4 is 29.3 Å². The molecule has 0 atom stereocenters. The van der Waals surface area contributed by atoms with Gasteiger partial charge in [0.25, 0.3) is 5.56 Å². The zero-order chi connectivity index (χ0) is 24.2. The van der Waals surface area contributed by atoms with Crippen molar-refractivity contribution in [2.24, 2.45) is 0 Å². The number of hydrogen-bond donors (Lipinski definition) is 2. The van der Waals surface area contributed by atoms with Crippen LogP contribution in [0.1, 0.15) is 30.4 Å². The Kier molecular flexibility index (Phi) is 5.22. The van der Waals surface area contributed by atoms with Crippen molar-refractivity contribution in [1.82, 2.24) is 9.97 Å². The van der Waals surface area contributed by atoms with E-state index in [2.05, 4.69) is 4.98 Å². The number of piperidine rings is 1. The number of carbonyl (C=O) groups is 2. The molecule has 2 N–H and O–H groups in total. The van der Waals surface area contributed by atoms with Crippen LogP contribution in [0.15, 0.2) is 16.9 Å². The van der Waals surface area contributed by atoms with E-state index < -0.39 is 23.8 Å². The van der Waals surface area contributed by atoms with Gasteiger partial charge in [-0.05, 0) is 37.8 Å². The van der Waals surface area contributed by atoms with Gasteiger partial charge in [0.2, 0.25) is 11.9 Å². The first-order valence-corrected chi connectivity index (χ1v) is 11.3. The molecule has 3 aliphatic heterocycles. The van der Waals surface area contributed by atoms with E-state index in [1.54, 1.807) is 7.05 Å². The monoisotopic (exact) mass is 471 g/mol. The largest absolute Gasteiger partial charge is 0.480 e. The van der Waals surface area contributed by atoms with Crippen molar-refractivity contribution in [2.45, 2.75) is 31.1 Å². The molecule has 0 bridgehead atoms. The number of aromatic nitrogens is 2. The molecule has 180 valence electrons. The Hall–Kier alpha value is -3.63. The summed E-state index contributed by atoms with van der Waals surface area (Å²) in [6.45, 7) is 1.02. The molecular formula is C23H26FN5O5. The second-order valence-corrected chi connectivity index (χ2v) is 9.10. The van der Waals surface area contributed by atoms with Crippen LogP contribution in [0.4, 0.5) is 21.8 Å². The summed E-state index contributed by atoms with van der Waals surface area (Å²) in [6.07, 6.45) is 2.23. The summed E-state index contributed by atoms with van der Waals surface area (Å²) < 4.78 is 20.5. The highest BCUT2D eigenvalue weighted by atomic mass is 19.1. The molecule has 1 amide bonds. The fraction of sp³-hybridized carbons (Fsp3) is 0.478. The summed E-state index contributed by atoms with van der Waals surface area (Å²) in [5.74, 6) is -0.642. The van der Waals surface area contributed by atoms with E-state index in [0.717, 1.165) is 13.0 Å². The van der Waals surface area contributed by atoms with Crippen LogP contribution in [0.5, 0.6) is 5.75 Å². The molecule has 1 fully saturated rings. The van der Waals surface area contributed by atoms with Crippen molar-refractivity contribution in [3.63, 3.8) is 0 Å². The maximum absolute atomic E-state index is 15.1. The molecule has 34 heavy (non-hydrogen) atoms. The van der Waals surface area contributed by atoms with Crippen LogP contribution < -0.4 is 25.0 Å². The van der Waals surface area contributed by atoms with Gasteiger partial charge < -0.3 is 24.5 Å². The van der Waals surface area contributed by atoms with Gasteiger partial charge in [-0.2, -0.15) is 4.98 Å². The number of carboxylic acids is 1. The lowest BCUT2D eigenvalue weighted by molar-refractivity contribution is -0.139. The summed E-state index contributed by atoms with van der Waals surface area (Å²) in [7, 11) is 3.46. The number of halogens is 1. The van der Waals surface area contributed by atoms with E-state index in [4.69, 9.17) is 14.8 Å². The minimum Gasteiger partial charge on any atom is -0.480 e. The molecule has 0 radical (unpaired) electrons.